The van der Waals surface area contributed by atoms with Gasteiger partial charge in [-0.25, -0.2) is 4.39 Å². The number of hydrogen-bond donors (Lipinski definition) is 1. The molecule has 1 aliphatic rings. The molecule has 1 saturated heterocycles. The van der Waals surface area contributed by atoms with E-state index in [2.05, 4.69) is 5.32 Å². The predicted octanol–water partition coefficient (Wildman–Crippen LogP) is 2.75. The predicted molar refractivity (Wildman–Crippen MR) is 62.1 cm³/mol. The van der Waals surface area contributed by atoms with Crippen LogP contribution < -0.4 is 5.32 Å². The smallest absolute Gasteiger partial charge is 0.124 e. The first-order chi connectivity index (χ1) is 7.75. The Bertz CT molecular complexity index is 353. The number of ether oxygens (including phenoxy) is 1. The van der Waals surface area contributed by atoms with E-state index in [1.165, 1.54) is 12.1 Å². The van der Waals surface area contributed by atoms with Crippen LogP contribution in [0.4, 0.5) is 4.39 Å². The summed E-state index contributed by atoms with van der Waals surface area (Å²) in [6, 6.07) is 4.40. The van der Waals surface area contributed by atoms with Gasteiger partial charge in [-0.15, -0.1) is 0 Å². The summed E-state index contributed by atoms with van der Waals surface area (Å²) >= 11 is 5.91. The Morgan fingerprint density at radius 2 is 2.38 bits per heavy atom. The molecule has 1 unspecified atom stereocenters. The van der Waals surface area contributed by atoms with Crippen molar-refractivity contribution >= 4 is 11.6 Å². The summed E-state index contributed by atoms with van der Waals surface area (Å²) in [4.78, 5) is 0. The molecule has 0 aliphatic carbocycles. The Labute approximate surface area is 99.7 Å². The lowest BCUT2D eigenvalue weighted by atomic mass is 10.1. The van der Waals surface area contributed by atoms with E-state index in [-0.39, 0.29) is 11.9 Å². The van der Waals surface area contributed by atoms with Crippen LogP contribution in [0.1, 0.15) is 18.4 Å². The standard InChI is InChI=1S/C12H15ClFNO/c13-12-6-10(14)4-3-9(12)8-16-11-2-1-5-15-7-11/h3-4,6,11,15H,1-2,5,7-8H2. The van der Waals surface area contributed by atoms with Gasteiger partial charge in [-0.1, -0.05) is 17.7 Å². The third-order valence-electron chi connectivity index (χ3n) is 2.74. The molecule has 0 radical (unpaired) electrons. The highest BCUT2D eigenvalue weighted by Gasteiger charge is 2.13. The van der Waals surface area contributed by atoms with Crippen LogP contribution in [-0.4, -0.2) is 19.2 Å². The summed E-state index contributed by atoms with van der Waals surface area (Å²) in [6.07, 6.45) is 2.46. The van der Waals surface area contributed by atoms with Gasteiger partial charge in [0.1, 0.15) is 5.82 Å². The van der Waals surface area contributed by atoms with Gasteiger partial charge in [0, 0.05) is 11.6 Å². The second-order valence-corrected chi connectivity index (χ2v) is 4.42. The minimum Gasteiger partial charge on any atom is -0.372 e. The Balaban J connectivity index is 1.88. The third-order valence-corrected chi connectivity index (χ3v) is 3.09. The van der Waals surface area contributed by atoms with Crippen LogP contribution in [0, 0.1) is 5.82 Å². The van der Waals surface area contributed by atoms with Crippen LogP contribution in [0.2, 0.25) is 5.02 Å². The number of piperidine rings is 1. The van der Waals surface area contributed by atoms with E-state index in [1.54, 1.807) is 6.07 Å². The lowest BCUT2D eigenvalue weighted by Gasteiger charge is -2.23. The van der Waals surface area contributed by atoms with E-state index in [0.717, 1.165) is 31.5 Å². The molecule has 1 atom stereocenters. The van der Waals surface area contributed by atoms with E-state index in [0.29, 0.717) is 11.6 Å². The molecule has 0 bridgehead atoms. The van der Waals surface area contributed by atoms with Crippen molar-refractivity contribution in [3.05, 3.63) is 34.6 Å². The molecule has 0 amide bonds. The summed E-state index contributed by atoms with van der Waals surface area (Å²) in [5, 5.41) is 3.71. The maximum Gasteiger partial charge on any atom is 0.124 e. The van der Waals surface area contributed by atoms with Crippen LogP contribution in [0.5, 0.6) is 0 Å². The Kier molecular flexibility index (Phi) is 4.16. The normalized spacial score (nSPS) is 21.0. The first-order valence-electron chi connectivity index (χ1n) is 5.52. The summed E-state index contributed by atoms with van der Waals surface area (Å²) in [5.74, 6) is -0.312. The number of rotatable bonds is 3. The molecule has 2 nitrogen and oxygen atoms in total. The fourth-order valence-electron chi connectivity index (χ4n) is 1.81. The summed E-state index contributed by atoms with van der Waals surface area (Å²) in [6.45, 7) is 2.40. The van der Waals surface area contributed by atoms with E-state index in [9.17, 15) is 4.39 Å². The molecule has 1 fully saturated rings. The van der Waals surface area contributed by atoms with Crippen molar-refractivity contribution in [3.63, 3.8) is 0 Å². The number of halogens is 2. The fourth-order valence-corrected chi connectivity index (χ4v) is 2.03. The van der Waals surface area contributed by atoms with Crippen molar-refractivity contribution in [1.82, 2.24) is 5.32 Å². The molecule has 1 aromatic carbocycles. The van der Waals surface area contributed by atoms with Crippen molar-refractivity contribution in [2.75, 3.05) is 13.1 Å². The van der Waals surface area contributed by atoms with Gasteiger partial charge in [0.05, 0.1) is 12.7 Å². The Hall–Kier alpha value is -0.640. The minimum absolute atomic E-state index is 0.245. The topological polar surface area (TPSA) is 21.3 Å². The van der Waals surface area contributed by atoms with Crippen molar-refractivity contribution in [2.24, 2.45) is 0 Å². The van der Waals surface area contributed by atoms with Crippen molar-refractivity contribution < 1.29 is 9.13 Å². The summed E-state index contributed by atoms with van der Waals surface area (Å²) in [7, 11) is 0. The number of hydrogen-bond acceptors (Lipinski definition) is 2. The number of nitrogens with one attached hydrogen (secondary N) is 1. The van der Waals surface area contributed by atoms with E-state index in [4.69, 9.17) is 16.3 Å². The second-order valence-electron chi connectivity index (χ2n) is 4.02. The Morgan fingerprint density at radius 1 is 1.50 bits per heavy atom. The molecular formula is C12H15ClFNO. The molecule has 4 heteroatoms. The third kappa shape index (κ3) is 3.17. The summed E-state index contributed by atoms with van der Waals surface area (Å²) in [5.41, 5.74) is 0.841. The first kappa shape index (κ1) is 11.8. The van der Waals surface area contributed by atoms with Crippen molar-refractivity contribution in [1.29, 1.82) is 0 Å². The minimum atomic E-state index is -0.312. The molecule has 1 heterocycles. The molecule has 1 aromatic rings. The fraction of sp³-hybridized carbons (Fsp3) is 0.500. The molecular weight excluding hydrogens is 229 g/mol. The van der Waals surface area contributed by atoms with Crippen LogP contribution in [0.3, 0.4) is 0 Å². The lowest BCUT2D eigenvalue weighted by molar-refractivity contribution is 0.0253. The zero-order chi connectivity index (χ0) is 11.4. The molecule has 0 aromatic heterocycles. The largest absolute Gasteiger partial charge is 0.372 e. The molecule has 0 spiro atoms. The highest BCUT2D eigenvalue weighted by molar-refractivity contribution is 6.31. The van der Waals surface area contributed by atoms with Gasteiger partial charge in [-0.2, -0.15) is 0 Å². The molecule has 16 heavy (non-hydrogen) atoms. The molecule has 1 N–H and O–H groups in total. The van der Waals surface area contributed by atoms with Gasteiger partial charge in [-0.3, -0.25) is 0 Å². The van der Waals surface area contributed by atoms with Gasteiger partial charge in [0.15, 0.2) is 0 Å². The van der Waals surface area contributed by atoms with Crippen LogP contribution in [-0.2, 0) is 11.3 Å². The summed E-state index contributed by atoms with van der Waals surface area (Å²) < 4.78 is 18.5. The SMILES string of the molecule is Fc1ccc(COC2CCCNC2)c(Cl)c1. The lowest BCUT2D eigenvalue weighted by Crippen LogP contribution is -2.35. The van der Waals surface area contributed by atoms with Gasteiger partial charge in [-0.05, 0) is 37.1 Å². The van der Waals surface area contributed by atoms with Gasteiger partial charge < -0.3 is 10.1 Å². The first-order valence-corrected chi connectivity index (χ1v) is 5.90. The van der Waals surface area contributed by atoms with E-state index >= 15 is 0 Å². The van der Waals surface area contributed by atoms with Crippen molar-refractivity contribution in [2.45, 2.75) is 25.6 Å². The molecule has 0 saturated carbocycles. The highest BCUT2D eigenvalue weighted by Crippen LogP contribution is 2.19. The zero-order valence-corrected chi connectivity index (χ0v) is 9.77. The molecule has 1 aliphatic heterocycles. The van der Waals surface area contributed by atoms with Crippen LogP contribution >= 0.6 is 11.6 Å². The average Bonchev–Trinajstić information content (AvgIpc) is 2.29. The van der Waals surface area contributed by atoms with Crippen LogP contribution in [0.25, 0.3) is 0 Å². The van der Waals surface area contributed by atoms with Gasteiger partial charge >= 0.3 is 0 Å². The van der Waals surface area contributed by atoms with Crippen LogP contribution in [0.15, 0.2) is 18.2 Å². The monoisotopic (exact) mass is 243 g/mol. The molecule has 88 valence electrons. The van der Waals surface area contributed by atoms with Crippen molar-refractivity contribution in [3.8, 4) is 0 Å². The van der Waals surface area contributed by atoms with Gasteiger partial charge in [0.25, 0.3) is 0 Å². The maximum absolute atomic E-state index is 12.8. The second kappa shape index (κ2) is 5.62. The highest BCUT2D eigenvalue weighted by atomic mass is 35.5. The zero-order valence-electron chi connectivity index (χ0n) is 9.01. The average molecular weight is 244 g/mol. The van der Waals surface area contributed by atoms with Gasteiger partial charge in [0.2, 0.25) is 0 Å². The van der Waals surface area contributed by atoms with E-state index in [1.807, 2.05) is 0 Å². The Morgan fingerprint density at radius 3 is 3.06 bits per heavy atom. The number of benzene rings is 1. The quantitative estimate of drug-likeness (QED) is 0.882. The molecule has 2 rings (SSSR count). The van der Waals surface area contributed by atoms with E-state index < -0.39 is 0 Å². The maximum atomic E-state index is 12.8.